The van der Waals surface area contributed by atoms with E-state index >= 15 is 0 Å². The SMILES string of the molecule is CC(N)C(=O)c1ccc(C#N)cc1. The van der Waals surface area contributed by atoms with E-state index in [4.69, 9.17) is 11.0 Å². The fourth-order valence-corrected chi connectivity index (χ4v) is 0.972. The predicted molar refractivity (Wildman–Crippen MR) is 49.1 cm³/mol. The Morgan fingerprint density at radius 2 is 2.00 bits per heavy atom. The van der Waals surface area contributed by atoms with Crippen LogP contribution in [0.3, 0.4) is 0 Å². The maximum absolute atomic E-state index is 11.3. The van der Waals surface area contributed by atoms with Gasteiger partial charge in [-0.2, -0.15) is 5.26 Å². The summed E-state index contributed by atoms with van der Waals surface area (Å²) in [6.07, 6.45) is 0. The van der Waals surface area contributed by atoms with Crippen LogP contribution in [0.15, 0.2) is 24.3 Å². The molecule has 1 atom stereocenters. The van der Waals surface area contributed by atoms with Crippen LogP contribution in [0.2, 0.25) is 0 Å². The minimum absolute atomic E-state index is 0.107. The molecule has 13 heavy (non-hydrogen) atoms. The van der Waals surface area contributed by atoms with E-state index in [0.29, 0.717) is 11.1 Å². The number of hydrogen-bond donors (Lipinski definition) is 1. The highest BCUT2D eigenvalue weighted by molar-refractivity contribution is 5.99. The first-order chi connectivity index (χ1) is 6.15. The zero-order chi connectivity index (χ0) is 9.84. The van der Waals surface area contributed by atoms with Gasteiger partial charge in [0.05, 0.1) is 17.7 Å². The number of nitrogens with two attached hydrogens (primary N) is 1. The molecule has 0 saturated carbocycles. The number of Topliss-reactive ketones (excluding diaryl/α,β-unsaturated/α-hetero) is 1. The molecule has 0 aromatic heterocycles. The average Bonchev–Trinajstić information content (AvgIpc) is 2.17. The molecule has 3 nitrogen and oxygen atoms in total. The second-order valence-electron chi connectivity index (χ2n) is 2.84. The fourth-order valence-electron chi connectivity index (χ4n) is 0.972. The normalized spacial score (nSPS) is 11.8. The number of benzene rings is 1. The maximum atomic E-state index is 11.3. The standard InChI is InChI=1S/C10H10N2O/c1-7(12)10(13)9-4-2-8(6-11)3-5-9/h2-5,7H,12H2,1H3. The van der Waals surface area contributed by atoms with Crippen molar-refractivity contribution in [2.45, 2.75) is 13.0 Å². The Morgan fingerprint density at radius 1 is 1.46 bits per heavy atom. The third-order valence-corrected chi connectivity index (χ3v) is 1.71. The number of carbonyl (C=O) groups is 1. The average molecular weight is 174 g/mol. The molecule has 66 valence electrons. The highest BCUT2D eigenvalue weighted by Gasteiger charge is 2.09. The summed E-state index contributed by atoms with van der Waals surface area (Å²) < 4.78 is 0. The van der Waals surface area contributed by atoms with Gasteiger partial charge in [-0.05, 0) is 19.1 Å². The van der Waals surface area contributed by atoms with Crippen LogP contribution >= 0.6 is 0 Å². The van der Waals surface area contributed by atoms with Crippen LogP contribution in [0.1, 0.15) is 22.8 Å². The lowest BCUT2D eigenvalue weighted by Gasteiger charge is -2.03. The minimum atomic E-state index is -0.493. The summed E-state index contributed by atoms with van der Waals surface area (Å²) in [4.78, 5) is 11.3. The molecule has 0 spiro atoms. The molecule has 1 aromatic rings. The van der Waals surface area contributed by atoms with Crippen molar-refractivity contribution in [3.63, 3.8) is 0 Å². The molecule has 0 aliphatic heterocycles. The van der Waals surface area contributed by atoms with Crippen molar-refractivity contribution in [3.05, 3.63) is 35.4 Å². The van der Waals surface area contributed by atoms with Crippen LogP contribution in [0.4, 0.5) is 0 Å². The molecule has 1 unspecified atom stereocenters. The Balaban J connectivity index is 2.94. The second kappa shape index (κ2) is 3.83. The monoisotopic (exact) mass is 174 g/mol. The summed E-state index contributed by atoms with van der Waals surface area (Å²) in [5, 5.41) is 8.52. The highest BCUT2D eigenvalue weighted by atomic mass is 16.1. The van der Waals surface area contributed by atoms with Gasteiger partial charge in [0, 0.05) is 5.56 Å². The molecular formula is C10H10N2O. The molecule has 0 bridgehead atoms. The van der Waals surface area contributed by atoms with Crippen molar-refractivity contribution >= 4 is 5.78 Å². The number of ketones is 1. The number of rotatable bonds is 2. The number of hydrogen-bond acceptors (Lipinski definition) is 3. The van der Waals surface area contributed by atoms with Crippen molar-refractivity contribution in [1.29, 1.82) is 5.26 Å². The van der Waals surface area contributed by atoms with Gasteiger partial charge in [-0.15, -0.1) is 0 Å². The van der Waals surface area contributed by atoms with E-state index < -0.39 is 6.04 Å². The van der Waals surface area contributed by atoms with Gasteiger partial charge in [0.2, 0.25) is 0 Å². The summed E-state index contributed by atoms with van der Waals surface area (Å²) >= 11 is 0. The number of nitriles is 1. The van der Waals surface area contributed by atoms with Crippen molar-refractivity contribution in [2.75, 3.05) is 0 Å². The lowest BCUT2D eigenvalue weighted by atomic mass is 10.0. The van der Waals surface area contributed by atoms with Gasteiger partial charge in [0.15, 0.2) is 5.78 Å². The largest absolute Gasteiger partial charge is 0.321 e. The van der Waals surface area contributed by atoms with Crippen LogP contribution in [0, 0.1) is 11.3 Å². The van der Waals surface area contributed by atoms with E-state index in [9.17, 15) is 4.79 Å². The number of nitrogens with zero attached hydrogens (tertiary/aromatic N) is 1. The van der Waals surface area contributed by atoms with Gasteiger partial charge < -0.3 is 5.73 Å². The third-order valence-electron chi connectivity index (χ3n) is 1.71. The van der Waals surface area contributed by atoms with Crippen molar-refractivity contribution in [1.82, 2.24) is 0 Å². The molecule has 0 aliphatic carbocycles. The lowest BCUT2D eigenvalue weighted by Crippen LogP contribution is -2.26. The molecule has 0 amide bonds. The molecule has 1 aromatic carbocycles. The van der Waals surface area contributed by atoms with Crippen LogP contribution in [-0.4, -0.2) is 11.8 Å². The molecule has 0 saturated heterocycles. The molecule has 0 aliphatic rings. The van der Waals surface area contributed by atoms with E-state index in [-0.39, 0.29) is 5.78 Å². The summed E-state index contributed by atoms with van der Waals surface area (Å²) in [7, 11) is 0. The van der Waals surface area contributed by atoms with E-state index in [2.05, 4.69) is 0 Å². The van der Waals surface area contributed by atoms with Gasteiger partial charge in [-0.3, -0.25) is 4.79 Å². The van der Waals surface area contributed by atoms with Gasteiger partial charge in [-0.1, -0.05) is 12.1 Å². The van der Waals surface area contributed by atoms with Crippen molar-refractivity contribution in [2.24, 2.45) is 5.73 Å². The highest BCUT2D eigenvalue weighted by Crippen LogP contribution is 2.05. The quantitative estimate of drug-likeness (QED) is 0.682. The molecule has 0 fully saturated rings. The summed E-state index contributed by atoms with van der Waals surface area (Å²) in [5.41, 5.74) is 6.52. The van der Waals surface area contributed by atoms with Crippen LogP contribution in [-0.2, 0) is 0 Å². The van der Waals surface area contributed by atoms with Gasteiger partial charge >= 0.3 is 0 Å². The molecule has 0 heterocycles. The van der Waals surface area contributed by atoms with Gasteiger partial charge in [0.25, 0.3) is 0 Å². The molecular weight excluding hydrogens is 164 g/mol. The second-order valence-corrected chi connectivity index (χ2v) is 2.84. The minimum Gasteiger partial charge on any atom is -0.321 e. The summed E-state index contributed by atoms with van der Waals surface area (Å²) in [5.74, 6) is -0.107. The van der Waals surface area contributed by atoms with E-state index in [1.54, 1.807) is 31.2 Å². The zero-order valence-corrected chi connectivity index (χ0v) is 7.32. The summed E-state index contributed by atoms with van der Waals surface area (Å²) in [6, 6.07) is 7.93. The lowest BCUT2D eigenvalue weighted by molar-refractivity contribution is 0.0968. The van der Waals surface area contributed by atoms with Gasteiger partial charge in [-0.25, -0.2) is 0 Å². The first-order valence-corrected chi connectivity index (χ1v) is 3.95. The smallest absolute Gasteiger partial charge is 0.179 e. The van der Waals surface area contributed by atoms with Crippen LogP contribution in [0.25, 0.3) is 0 Å². The Kier molecular flexibility index (Phi) is 2.78. The number of carbonyl (C=O) groups excluding carboxylic acids is 1. The van der Waals surface area contributed by atoms with Crippen molar-refractivity contribution < 1.29 is 4.79 Å². The molecule has 0 radical (unpaired) electrons. The Hall–Kier alpha value is -1.66. The first-order valence-electron chi connectivity index (χ1n) is 3.95. The Morgan fingerprint density at radius 3 is 2.38 bits per heavy atom. The molecule has 2 N–H and O–H groups in total. The Labute approximate surface area is 76.8 Å². The topological polar surface area (TPSA) is 66.9 Å². The van der Waals surface area contributed by atoms with E-state index in [1.807, 2.05) is 6.07 Å². The molecule has 1 rings (SSSR count). The van der Waals surface area contributed by atoms with Crippen molar-refractivity contribution in [3.8, 4) is 6.07 Å². The Bertz CT molecular complexity index is 346. The molecule has 3 heteroatoms. The van der Waals surface area contributed by atoms with Crippen LogP contribution < -0.4 is 5.73 Å². The van der Waals surface area contributed by atoms with E-state index in [0.717, 1.165) is 0 Å². The maximum Gasteiger partial charge on any atom is 0.179 e. The van der Waals surface area contributed by atoms with Crippen LogP contribution in [0.5, 0.6) is 0 Å². The van der Waals surface area contributed by atoms with Gasteiger partial charge in [0.1, 0.15) is 0 Å². The zero-order valence-electron chi connectivity index (χ0n) is 7.32. The third kappa shape index (κ3) is 2.14. The fraction of sp³-hybridized carbons (Fsp3) is 0.200. The van der Waals surface area contributed by atoms with E-state index in [1.165, 1.54) is 0 Å². The predicted octanol–water partition coefficient (Wildman–Crippen LogP) is 1.09. The summed E-state index contributed by atoms with van der Waals surface area (Å²) in [6.45, 7) is 1.64. The first kappa shape index (κ1) is 9.43.